The molecule has 21 heavy (non-hydrogen) atoms. The highest BCUT2D eigenvalue weighted by Crippen LogP contribution is 2.58. The van der Waals surface area contributed by atoms with E-state index in [2.05, 4.69) is 41.2 Å². The highest BCUT2D eigenvalue weighted by molar-refractivity contribution is 7.98. The molecule has 1 aliphatic heterocycles. The van der Waals surface area contributed by atoms with E-state index in [0.29, 0.717) is 12.0 Å². The van der Waals surface area contributed by atoms with Crippen molar-refractivity contribution < 1.29 is 4.79 Å². The highest BCUT2D eigenvalue weighted by Gasteiger charge is 2.57. The lowest BCUT2D eigenvalue weighted by molar-refractivity contribution is -0.123. The van der Waals surface area contributed by atoms with Gasteiger partial charge in [0.05, 0.1) is 0 Å². The zero-order chi connectivity index (χ0) is 14.0. The summed E-state index contributed by atoms with van der Waals surface area (Å²) in [4.78, 5) is 13.5. The monoisotopic (exact) mass is 326 g/mol. The number of hydrogen-bond acceptors (Lipinski definition) is 3. The quantitative estimate of drug-likeness (QED) is 0.836. The second-order valence-corrected chi connectivity index (χ2v) is 6.81. The Morgan fingerprint density at radius 3 is 2.62 bits per heavy atom. The molecule has 5 heteroatoms. The maximum absolute atomic E-state index is 12.2. The van der Waals surface area contributed by atoms with Crippen molar-refractivity contribution in [2.24, 2.45) is 11.3 Å². The van der Waals surface area contributed by atoms with Crippen LogP contribution in [0.25, 0.3) is 0 Å². The molecule has 0 radical (unpaired) electrons. The first-order valence-corrected chi connectivity index (χ1v) is 8.57. The SMILES string of the molecule is CSc1ccc(CNC(=O)C2CC23CCNCC3)cc1.Cl. The van der Waals surface area contributed by atoms with Crippen LogP contribution in [-0.2, 0) is 11.3 Å². The van der Waals surface area contributed by atoms with Crippen LogP contribution in [0.5, 0.6) is 0 Å². The Hall–Kier alpha value is -0.710. The average Bonchev–Trinajstić information content (AvgIpc) is 3.19. The lowest BCUT2D eigenvalue weighted by Gasteiger charge is -2.23. The van der Waals surface area contributed by atoms with Gasteiger partial charge in [0.2, 0.25) is 5.91 Å². The van der Waals surface area contributed by atoms with Crippen LogP contribution < -0.4 is 10.6 Å². The minimum absolute atomic E-state index is 0. The second-order valence-electron chi connectivity index (χ2n) is 5.93. The van der Waals surface area contributed by atoms with Crippen molar-refractivity contribution in [2.75, 3.05) is 19.3 Å². The number of thioether (sulfide) groups is 1. The third kappa shape index (κ3) is 3.74. The number of halogens is 1. The molecule has 3 rings (SSSR count). The van der Waals surface area contributed by atoms with Crippen LogP contribution in [0.4, 0.5) is 0 Å². The van der Waals surface area contributed by atoms with Crippen LogP contribution in [0.15, 0.2) is 29.2 Å². The summed E-state index contributed by atoms with van der Waals surface area (Å²) in [5.74, 6) is 0.510. The first-order chi connectivity index (χ1) is 9.73. The summed E-state index contributed by atoms with van der Waals surface area (Å²) in [6, 6.07) is 8.41. The molecule has 1 saturated heterocycles. The molecule has 1 saturated carbocycles. The summed E-state index contributed by atoms with van der Waals surface area (Å²) in [5.41, 5.74) is 1.51. The first kappa shape index (κ1) is 16.7. The van der Waals surface area contributed by atoms with Crippen LogP contribution in [0.1, 0.15) is 24.8 Å². The van der Waals surface area contributed by atoms with Gasteiger partial charge in [-0.15, -0.1) is 24.2 Å². The van der Waals surface area contributed by atoms with Crippen molar-refractivity contribution in [2.45, 2.75) is 30.7 Å². The Labute approximate surface area is 137 Å². The molecule has 0 bridgehead atoms. The summed E-state index contributed by atoms with van der Waals surface area (Å²) in [7, 11) is 0. The Bertz CT molecular complexity index is 486. The smallest absolute Gasteiger partial charge is 0.223 e. The molecular weight excluding hydrogens is 304 g/mol. The third-order valence-corrected chi connectivity index (χ3v) is 5.47. The zero-order valence-corrected chi connectivity index (χ0v) is 14.0. The number of benzene rings is 1. The minimum Gasteiger partial charge on any atom is -0.352 e. The standard InChI is InChI=1S/C16H22N2OS.ClH/c1-20-13-4-2-12(3-5-13)11-18-15(19)14-10-16(14)6-8-17-9-7-16;/h2-5,14,17H,6-11H2,1H3,(H,18,19);1H. The number of rotatable bonds is 4. The summed E-state index contributed by atoms with van der Waals surface area (Å²) in [6.07, 6.45) is 5.48. The molecule has 1 heterocycles. The molecule has 3 nitrogen and oxygen atoms in total. The molecule has 1 spiro atoms. The number of amides is 1. The molecule has 1 amide bonds. The van der Waals surface area contributed by atoms with E-state index < -0.39 is 0 Å². The molecule has 1 aromatic rings. The lowest BCUT2D eigenvalue weighted by atomic mass is 9.92. The number of carbonyl (C=O) groups excluding carboxylic acids is 1. The largest absolute Gasteiger partial charge is 0.352 e. The Morgan fingerprint density at radius 1 is 1.33 bits per heavy atom. The minimum atomic E-state index is 0. The van der Waals surface area contributed by atoms with E-state index in [1.807, 2.05) is 0 Å². The van der Waals surface area contributed by atoms with Crippen LogP contribution in [0.3, 0.4) is 0 Å². The van der Waals surface area contributed by atoms with Crippen LogP contribution in [-0.4, -0.2) is 25.3 Å². The van der Waals surface area contributed by atoms with Crippen LogP contribution in [0.2, 0.25) is 0 Å². The van der Waals surface area contributed by atoms with Gasteiger partial charge in [0, 0.05) is 17.4 Å². The molecule has 1 aromatic carbocycles. The van der Waals surface area contributed by atoms with E-state index in [0.717, 1.165) is 32.4 Å². The number of hydrogen-bond donors (Lipinski definition) is 2. The van der Waals surface area contributed by atoms with Gasteiger partial charge in [-0.2, -0.15) is 0 Å². The molecule has 1 atom stereocenters. The van der Waals surface area contributed by atoms with Gasteiger partial charge in [0.25, 0.3) is 0 Å². The van der Waals surface area contributed by atoms with Crippen molar-refractivity contribution >= 4 is 30.1 Å². The number of carbonyl (C=O) groups is 1. The van der Waals surface area contributed by atoms with Crippen molar-refractivity contribution in [1.29, 1.82) is 0 Å². The summed E-state index contributed by atoms with van der Waals surface area (Å²) < 4.78 is 0. The molecule has 2 aliphatic rings. The van der Waals surface area contributed by atoms with Crippen LogP contribution >= 0.6 is 24.2 Å². The van der Waals surface area contributed by atoms with E-state index in [4.69, 9.17) is 0 Å². The molecule has 116 valence electrons. The molecule has 2 N–H and O–H groups in total. The van der Waals surface area contributed by atoms with Crippen LogP contribution in [0, 0.1) is 11.3 Å². The van der Waals surface area contributed by atoms with E-state index in [1.54, 1.807) is 11.8 Å². The summed E-state index contributed by atoms with van der Waals surface area (Å²) >= 11 is 1.74. The zero-order valence-electron chi connectivity index (χ0n) is 12.4. The summed E-state index contributed by atoms with van der Waals surface area (Å²) in [5, 5.41) is 6.48. The molecule has 1 aliphatic carbocycles. The van der Waals surface area contributed by atoms with E-state index in [9.17, 15) is 4.79 Å². The maximum Gasteiger partial charge on any atom is 0.223 e. The fraction of sp³-hybridized carbons (Fsp3) is 0.562. The predicted octanol–water partition coefficient (Wildman–Crippen LogP) is 2.84. The number of piperidine rings is 1. The fourth-order valence-corrected chi connectivity index (χ4v) is 3.66. The van der Waals surface area contributed by atoms with E-state index in [-0.39, 0.29) is 24.2 Å². The van der Waals surface area contributed by atoms with Gasteiger partial charge in [-0.05, 0) is 61.7 Å². The van der Waals surface area contributed by atoms with Crippen molar-refractivity contribution in [3.8, 4) is 0 Å². The average molecular weight is 327 g/mol. The van der Waals surface area contributed by atoms with Gasteiger partial charge < -0.3 is 10.6 Å². The van der Waals surface area contributed by atoms with Gasteiger partial charge >= 0.3 is 0 Å². The highest BCUT2D eigenvalue weighted by atomic mass is 35.5. The topological polar surface area (TPSA) is 41.1 Å². The van der Waals surface area contributed by atoms with Crippen molar-refractivity contribution in [3.63, 3.8) is 0 Å². The van der Waals surface area contributed by atoms with Crippen molar-refractivity contribution in [1.82, 2.24) is 10.6 Å². The normalized spacial score (nSPS) is 22.4. The van der Waals surface area contributed by atoms with E-state index >= 15 is 0 Å². The Balaban J connectivity index is 0.00000161. The van der Waals surface area contributed by atoms with Gasteiger partial charge in [-0.3, -0.25) is 4.79 Å². The predicted molar refractivity (Wildman–Crippen MR) is 90.0 cm³/mol. The Morgan fingerprint density at radius 2 is 2.00 bits per heavy atom. The second kappa shape index (κ2) is 7.03. The maximum atomic E-state index is 12.2. The first-order valence-electron chi connectivity index (χ1n) is 7.35. The van der Waals surface area contributed by atoms with Crippen molar-refractivity contribution in [3.05, 3.63) is 29.8 Å². The lowest BCUT2D eigenvalue weighted by Crippen LogP contribution is -2.33. The van der Waals surface area contributed by atoms with Gasteiger partial charge in [0.15, 0.2) is 0 Å². The molecule has 1 unspecified atom stereocenters. The molecule has 2 fully saturated rings. The van der Waals surface area contributed by atoms with E-state index in [1.165, 1.54) is 10.5 Å². The fourth-order valence-electron chi connectivity index (χ4n) is 3.25. The van der Waals surface area contributed by atoms with Gasteiger partial charge in [0.1, 0.15) is 0 Å². The Kier molecular flexibility index (Phi) is 5.58. The van der Waals surface area contributed by atoms with Gasteiger partial charge in [-0.1, -0.05) is 12.1 Å². The summed E-state index contributed by atoms with van der Waals surface area (Å²) in [6.45, 7) is 2.79. The molecule has 0 aromatic heterocycles. The van der Waals surface area contributed by atoms with Gasteiger partial charge in [-0.25, -0.2) is 0 Å². The number of nitrogens with one attached hydrogen (secondary N) is 2. The third-order valence-electron chi connectivity index (χ3n) is 4.73. The molecular formula is C16H23ClN2OS.